The first-order chi connectivity index (χ1) is 9.81. The van der Waals surface area contributed by atoms with Crippen molar-refractivity contribution in [3.05, 3.63) is 47.7 Å². The molecule has 0 saturated carbocycles. The van der Waals surface area contributed by atoms with E-state index in [9.17, 15) is 9.59 Å². The Morgan fingerprint density at radius 3 is 2.10 bits per heavy atom. The molecule has 114 valence electrons. The average Bonchev–Trinajstić information content (AvgIpc) is 2.47. The van der Waals surface area contributed by atoms with Crippen molar-refractivity contribution < 1.29 is 19.1 Å². The topological polar surface area (TPSA) is 52.6 Å². The van der Waals surface area contributed by atoms with Gasteiger partial charge in [-0.1, -0.05) is 18.8 Å². The minimum absolute atomic E-state index is 0.160. The third-order valence-electron chi connectivity index (χ3n) is 3.49. The lowest BCUT2D eigenvalue weighted by atomic mass is 10.1. The molecule has 0 radical (unpaired) electrons. The van der Waals surface area contributed by atoms with E-state index in [0.717, 1.165) is 0 Å². The van der Waals surface area contributed by atoms with Crippen LogP contribution in [0, 0.1) is 0 Å². The summed E-state index contributed by atoms with van der Waals surface area (Å²) < 4.78 is 10.4. The van der Waals surface area contributed by atoms with Gasteiger partial charge in [-0.25, -0.2) is 9.59 Å². The van der Waals surface area contributed by atoms with Gasteiger partial charge in [0.15, 0.2) is 0 Å². The van der Waals surface area contributed by atoms with Gasteiger partial charge in [0, 0.05) is 0 Å². The van der Waals surface area contributed by atoms with E-state index in [-0.39, 0.29) is 11.7 Å². The van der Waals surface area contributed by atoms with E-state index in [1.54, 1.807) is 31.2 Å². The number of rotatable bonds is 6. The Hall–Kier alpha value is -1.88. The van der Waals surface area contributed by atoms with Crippen LogP contribution in [0.1, 0.15) is 34.6 Å². The van der Waals surface area contributed by atoms with E-state index in [0.29, 0.717) is 17.7 Å². The van der Waals surface area contributed by atoms with Crippen molar-refractivity contribution >= 4 is 20.0 Å². The predicted molar refractivity (Wildman–Crippen MR) is 85.0 cm³/mol. The SMILES string of the molecule is C=C[Si](C)(C)C(C)OC(=O)c1ccc(C(=O)OCC)cc1. The Morgan fingerprint density at radius 2 is 1.67 bits per heavy atom. The lowest BCUT2D eigenvalue weighted by Crippen LogP contribution is -2.40. The standard InChI is InChI=1S/C16H22O4Si/c1-6-19-15(17)13-8-10-14(11-9-13)16(18)20-12(3)21(4,5)7-2/h7-12H,2,6H2,1,3-5H3. The lowest BCUT2D eigenvalue weighted by molar-refractivity contribution is 0.0454. The Kier molecular flexibility index (Phi) is 5.90. The van der Waals surface area contributed by atoms with Crippen LogP contribution in [0.3, 0.4) is 0 Å². The summed E-state index contributed by atoms with van der Waals surface area (Å²) in [5.74, 6) is -0.786. The highest BCUT2D eigenvalue weighted by Gasteiger charge is 2.28. The van der Waals surface area contributed by atoms with Crippen molar-refractivity contribution in [1.29, 1.82) is 0 Å². The van der Waals surface area contributed by atoms with Crippen molar-refractivity contribution in [1.82, 2.24) is 0 Å². The van der Waals surface area contributed by atoms with Crippen LogP contribution in [0.25, 0.3) is 0 Å². The zero-order valence-electron chi connectivity index (χ0n) is 13.0. The highest BCUT2D eigenvalue weighted by atomic mass is 28.3. The Balaban J connectivity index is 2.76. The monoisotopic (exact) mass is 306 g/mol. The molecule has 0 heterocycles. The normalized spacial score (nSPS) is 12.4. The molecule has 0 aliphatic heterocycles. The third-order valence-corrected chi connectivity index (χ3v) is 6.75. The van der Waals surface area contributed by atoms with Crippen molar-refractivity contribution in [2.45, 2.75) is 32.7 Å². The van der Waals surface area contributed by atoms with Crippen LogP contribution in [-0.4, -0.2) is 32.3 Å². The summed E-state index contributed by atoms with van der Waals surface area (Å²) in [6.07, 6.45) is 0. The Morgan fingerprint density at radius 1 is 1.19 bits per heavy atom. The molecule has 0 aliphatic rings. The molecule has 1 aromatic carbocycles. The summed E-state index contributed by atoms with van der Waals surface area (Å²) in [4.78, 5) is 23.6. The third kappa shape index (κ3) is 4.56. The zero-order chi connectivity index (χ0) is 16.0. The van der Waals surface area contributed by atoms with Crippen molar-refractivity contribution in [3.8, 4) is 0 Å². The molecule has 21 heavy (non-hydrogen) atoms. The molecule has 5 heteroatoms. The number of carbonyl (C=O) groups is 2. The number of carbonyl (C=O) groups excluding carboxylic acids is 2. The summed E-state index contributed by atoms with van der Waals surface area (Å²) >= 11 is 0. The molecular formula is C16H22O4Si. The first-order valence-electron chi connectivity index (χ1n) is 6.93. The number of esters is 2. The van der Waals surface area contributed by atoms with Crippen LogP contribution < -0.4 is 0 Å². The second-order valence-electron chi connectivity index (χ2n) is 5.37. The molecule has 0 saturated heterocycles. The largest absolute Gasteiger partial charge is 0.463 e. The average molecular weight is 306 g/mol. The first-order valence-corrected chi connectivity index (χ1v) is 10.1. The second-order valence-corrected chi connectivity index (χ2v) is 10.2. The van der Waals surface area contributed by atoms with Crippen molar-refractivity contribution in [2.24, 2.45) is 0 Å². The van der Waals surface area contributed by atoms with Gasteiger partial charge < -0.3 is 9.47 Å². The zero-order valence-corrected chi connectivity index (χ0v) is 14.0. The quantitative estimate of drug-likeness (QED) is 0.597. The molecule has 0 spiro atoms. The van der Waals surface area contributed by atoms with Gasteiger partial charge in [-0.3, -0.25) is 0 Å². The highest BCUT2D eigenvalue weighted by molar-refractivity contribution is 6.83. The minimum Gasteiger partial charge on any atom is -0.463 e. The minimum atomic E-state index is -1.77. The van der Waals surface area contributed by atoms with Gasteiger partial charge in [-0.2, -0.15) is 0 Å². The summed E-state index contributed by atoms with van der Waals surface area (Å²) in [5, 5.41) is 0. The van der Waals surface area contributed by atoms with Crippen LogP contribution in [0.2, 0.25) is 13.1 Å². The number of ether oxygens (including phenoxy) is 2. The smallest absolute Gasteiger partial charge is 0.338 e. The summed E-state index contributed by atoms with van der Waals surface area (Å²) in [6.45, 7) is 11.9. The number of benzene rings is 1. The van der Waals surface area contributed by atoms with Gasteiger partial charge in [0.2, 0.25) is 0 Å². The maximum absolute atomic E-state index is 12.1. The molecular weight excluding hydrogens is 284 g/mol. The fourth-order valence-corrected chi connectivity index (χ4v) is 2.25. The molecule has 1 atom stereocenters. The highest BCUT2D eigenvalue weighted by Crippen LogP contribution is 2.15. The van der Waals surface area contributed by atoms with Crippen LogP contribution in [0.15, 0.2) is 36.5 Å². The molecule has 1 unspecified atom stereocenters. The summed E-state index contributed by atoms with van der Waals surface area (Å²) in [5.41, 5.74) is 2.58. The van der Waals surface area contributed by atoms with E-state index >= 15 is 0 Å². The van der Waals surface area contributed by atoms with E-state index in [4.69, 9.17) is 9.47 Å². The van der Waals surface area contributed by atoms with Gasteiger partial charge in [0.05, 0.1) is 23.5 Å². The van der Waals surface area contributed by atoms with Crippen molar-refractivity contribution in [2.75, 3.05) is 6.61 Å². The Bertz CT molecular complexity index is 520. The van der Waals surface area contributed by atoms with Gasteiger partial charge in [-0.05, 0) is 38.1 Å². The lowest BCUT2D eigenvalue weighted by Gasteiger charge is -2.25. The van der Waals surface area contributed by atoms with Crippen LogP contribution in [0.5, 0.6) is 0 Å². The van der Waals surface area contributed by atoms with Gasteiger partial charge >= 0.3 is 11.9 Å². The van der Waals surface area contributed by atoms with E-state index in [2.05, 4.69) is 19.7 Å². The van der Waals surface area contributed by atoms with Gasteiger partial charge in [0.1, 0.15) is 8.07 Å². The predicted octanol–water partition coefficient (Wildman–Crippen LogP) is 3.38. The van der Waals surface area contributed by atoms with Crippen molar-refractivity contribution in [3.63, 3.8) is 0 Å². The second kappa shape index (κ2) is 7.22. The molecule has 0 N–H and O–H groups in total. The molecule has 0 aromatic heterocycles. The molecule has 4 nitrogen and oxygen atoms in total. The van der Waals surface area contributed by atoms with Crippen LogP contribution >= 0.6 is 0 Å². The van der Waals surface area contributed by atoms with E-state index in [1.165, 1.54) is 0 Å². The van der Waals surface area contributed by atoms with Gasteiger partial charge in [0.25, 0.3) is 0 Å². The van der Waals surface area contributed by atoms with Crippen LogP contribution in [0.4, 0.5) is 0 Å². The maximum atomic E-state index is 12.1. The molecule has 1 rings (SSSR count). The summed E-state index contributed by atoms with van der Waals surface area (Å²) in [7, 11) is -1.77. The van der Waals surface area contributed by atoms with Crippen LogP contribution in [-0.2, 0) is 9.47 Å². The molecule has 0 aliphatic carbocycles. The fourth-order valence-electron chi connectivity index (χ4n) is 1.50. The van der Waals surface area contributed by atoms with E-state index in [1.807, 2.05) is 12.6 Å². The maximum Gasteiger partial charge on any atom is 0.338 e. The molecule has 1 aromatic rings. The summed E-state index contributed by atoms with van der Waals surface area (Å²) in [6, 6.07) is 6.28. The first kappa shape index (κ1) is 17.2. The molecule has 0 amide bonds. The molecule has 0 bridgehead atoms. The number of hydrogen-bond acceptors (Lipinski definition) is 4. The van der Waals surface area contributed by atoms with E-state index < -0.39 is 14.0 Å². The Labute approximate surface area is 126 Å². The van der Waals surface area contributed by atoms with Gasteiger partial charge in [-0.15, -0.1) is 6.58 Å². The number of hydrogen-bond donors (Lipinski definition) is 0. The molecule has 0 fully saturated rings. The fraction of sp³-hybridized carbons (Fsp3) is 0.375.